The van der Waals surface area contributed by atoms with Gasteiger partial charge in [-0.25, -0.2) is 0 Å². The van der Waals surface area contributed by atoms with Gasteiger partial charge in [0.25, 0.3) is 0 Å². The van der Waals surface area contributed by atoms with Crippen molar-refractivity contribution in [2.45, 2.75) is 33.6 Å². The SMILES string of the molecule is COc1ccc(CC(C)CC(=O)Nc2cc(C)ccc2C)cc1. The number of nitrogens with one attached hydrogen (secondary N) is 1. The molecule has 0 aromatic heterocycles. The molecule has 2 rings (SSSR count). The fourth-order valence-electron chi connectivity index (χ4n) is 2.62. The summed E-state index contributed by atoms with van der Waals surface area (Å²) >= 11 is 0. The molecule has 3 nitrogen and oxygen atoms in total. The topological polar surface area (TPSA) is 38.3 Å². The summed E-state index contributed by atoms with van der Waals surface area (Å²) in [5.41, 5.74) is 4.37. The lowest BCUT2D eigenvalue weighted by Crippen LogP contribution is -2.17. The van der Waals surface area contributed by atoms with Crippen molar-refractivity contribution in [2.75, 3.05) is 12.4 Å². The Balaban J connectivity index is 1.90. The van der Waals surface area contributed by atoms with E-state index in [4.69, 9.17) is 4.74 Å². The molecule has 0 aliphatic heterocycles. The van der Waals surface area contributed by atoms with Gasteiger partial charge in [-0.3, -0.25) is 4.79 Å². The van der Waals surface area contributed by atoms with E-state index in [0.717, 1.165) is 29.0 Å². The molecule has 0 saturated heterocycles. The Morgan fingerprint density at radius 3 is 2.48 bits per heavy atom. The van der Waals surface area contributed by atoms with Gasteiger partial charge in [0, 0.05) is 12.1 Å². The molecule has 0 heterocycles. The quantitative estimate of drug-likeness (QED) is 0.852. The predicted octanol–water partition coefficient (Wildman–Crippen LogP) is 4.52. The van der Waals surface area contributed by atoms with Crippen LogP contribution >= 0.6 is 0 Å². The molecule has 0 bridgehead atoms. The average molecular weight is 311 g/mol. The van der Waals surface area contributed by atoms with Crippen LogP contribution in [0, 0.1) is 19.8 Å². The molecule has 0 radical (unpaired) electrons. The van der Waals surface area contributed by atoms with Crippen LogP contribution in [-0.2, 0) is 11.2 Å². The van der Waals surface area contributed by atoms with Gasteiger partial charge in [0.2, 0.25) is 5.91 Å². The number of ether oxygens (including phenoxy) is 1. The first kappa shape index (κ1) is 17.1. The van der Waals surface area contributed by atoms with Crippen molar-refractivity contribution in [1.82, 2.24) is 0 Å². The molecular formula is C20H25NO2. The van der Waals surface area contributed by atoms with Crippen LogP contribution in [-0.4, -0.2) is 13.0 Å². The number of hydrogen-bond acceptors (Lipinski definition) is 2. The lowest BCUT2D eigenvalue weighted by molar-refractivity contribution is -0.116. The summed E-state index contributed by atoms with van der Waals surface area (Å²) in [5, 5.41) is 3.03. The minimum Gasteiger partial charge on any atom is -0.497 e. The lowest BCUT2D eigenvalue weighted by atomic mass is 9.97. The normalized spacial score (nSPS) is 11.8. The Labute approximate surface area is 138 Å². The highest BCUT2D eigenvalue weighted by Crippen LogP contribution is 2.19. The molecule has 1 atom stereocenters. The van der Waals surface area contributed by atoms with Crippen molar-refractivity contribution in [3.05, 3.63) is 59.2 Å². The van der Waals surface area contributed by atoms with E-state index in [9.17, 15) is 4.79 Å². The van der Waals surface area contributed by atoms with Crippen LogP contribution in [0.2, 0.25) is 0 Å². The van der Waals surface area contributed by atoms with Crippen molar-refractivity contribution >= 4 is 11.6 Å². The second-order valence-electron chi connectivity index (χ2n) is 6.23. The zero-order valence-corrected chi connectivity index (χ0v) is 14.3. The predicted molar refractivity (Wildman–Crippen MR) is 95.0 cm³/mol. The number of methoxy groups -OCH3 is 1. The van der Waals surface area contributed by atoms with Gasteiger partial charge in [0.15, 0.2) is 0 Å². The van der Waals surface area contributed by atoms with Gasteiger partial charge in [-0.2, -0.15) is 0 Å². The summed E-state index contributed by atoms with van der Waals surface area (Å²) in [7, 11) is 1.66. The van der Waals surface area contributed by atoms with Gasteiger partial charge in [-0.15, -0.1) is 0 Å². The molecule has 122 valence electrons. The molecule has 3 heteroatoms. The second-order valence-corrected chi connectivity index (χ2v) is 6.23. The van der Waals surface area contributed by atoms with Crippen LogP contribution in [0.3, 0.4) is 0 Å². The van der Waals surface area contributed by atoms with E-state index < -0.39 is 0 Å². The van der Waals surface area contributed by atoms with Crippen LogP contribution < -0.4 is 10.1 Å². The zero-order chi connectivity index (χ0) is 16.8. The number of rotatable bonds is 6. The van der Waals surface area contributed by atoms with Gasteiger partial charge in [-0.05, 0) is 61.1 Å². The number of aryl methyl sites for hydroxylation is 2. The van der Waals surface area contributed by atoms with Gasteiger partial charge in [0.05, 0.1) is 7.11 Å². The van der Waals surface area contributed by atoms with E-state index >= 15 is 0 Å². The van der Waals surface area contributed by atoms with Crippen LogP contribution in [0.1, 0.15) is 30.0 Å². The third kappa shape index (κ3) is 5.13. The molecular weight excluding hydrogens is 286 g/mol. The monoisotopic (exact) mass is 311 g/mol. The summed E-state index contributed by atoms with van der Waals surface area (Å²) in [6, 6.07) is 14.1. The molecule has 2 aromatic rings. The Hall–Kier alpha value is -2.29. The van der Waals surface area contributed by atoms with Crippen molar-refractivity contribution in [2.24, 2.45) is 5.92 Å². The standard InChI is InChI=1S/C20H25NO2/c1-14-5-6-16(3)19(12-14)21-20(22)13-15(2)11-17-7-9-18(23-4)10-8-17/h5-10,12,15H,11,13H2,1-4H3,(H,21,22). The summed E-state index contributed by atoms with van der Waals surface area (Å²) in [6.07, 6.45) is 1.39. The molecule has 23 heavy (non-hydrogen) atoms. The molecule has 0 spiro atoms. The first-order chi connectivity index (χ1) is 11.0. The Kier molecular flexibility index (Phi) is 5.80. The maximum Gasteiger partial charge on any atom is 0.224 e. The van der Waals surface area contributed by atoms with Crippen LogP contribution in [0.25, 0.3) is 0 Å². The third-order valence-corrected chi connectivity index (χ3v) is 3.94. The van der Waals surface area contributed by atoms with E-state index in [1.54, 1.807) is 7.11 Å². The molecule has 1 N–H and O–H groups in total. The Bertz CT molecular complexity index is 662. The highest BCUT2D eigenvalue weighted by molar-refractivity contribution is 5.91. The maximum absolute atomic E-state index is 12.2. The number of carbonyl (C=O) groups excluding carboxylic acids is 1. The van der Waals surface area contributed by atoms with E-state index in [2.05, 4.69) is 30.4 Å². The number of anilines is 1. The summed E-state index contributed by atoms with van der Waals surface area (Å²) < 4.78 is 5.16. The van der Waals surface area contributed by atoms with Crippen LogP contribution in [0.5, 0.6) is 5.75 Å². The molecule has 0 aliphatic carbocycles. The molecule has 0 fully saturated rings. The van der Waals surface area contributed by atoms with Gasteiger partial charge >= 0.3 is 0 Å². The second kappa shape index (κ2) is 7.82. The number of carbonyl (C=O) groups is 1. The van der Waals surface area contributed by atoms with E-state index in [-0.39, 0.29) is 11.8 Å². The molecule has 2 aromatic carbocycles. The van der Waals surface area contributed by atoms with Gasteiger partial charge in [-0.1, -0.05) is 31.2 Å². The fraction of sp³-hybridized carbons (Fsp3) is 0.350. The molecule has 0 saturated carbocycles. The number of benzene rings is 2. The highest BCUT2D eigenvalue weighted by Gasteiger charge is 2.11. The largest absolute Gasteiger partial charge is 0.497 e. The fourth-order valence-corrected chi connectivity index (χ4v) is 2.62. The van der Waals surface area contributed by atoms with Crippen molar-refractivity contribution < 1.29 is 9.53 Å². The van der Waals surface area contributed by atoms with Crippen LogP contribution in [0.4, 0.5) is 5.69 Å². The number of amides is 1. The lowest BCUT2D eigenvalue weighted by Gasteiger charge is -2.13. The first-order valence-corrected chi connectivity index (χ1v) is 7.98. The Morgan fingerprint density at radius 1 is 1.13 bits per heavy atom. The maximum atomic E-state index is 12.2. The number of hydrogen-bond donors (Lipinski definition) is 1. The Morgan fingerprint density at radius 2 is 1.83 bits per heavy atom. The van der Waals surface area contributed by atoms with E-state index in [0.29, 0.717) is 6.42 Å². The van der Waals surface area contributed by atoms with Crippen molar-refractivity contribution in [3.63, 3.8) is 0 Å². The zero-order valence-electron chi connectivity index (χ0n) is 14.3. The van der Waals surface area contributed by atoms with E-state index in [1.165, 1.54) is 5.56 Å². The van der Waals surface area contributed by atoms with Crippen molar-refractivity contribution in [3.8, 4) is 5.75 Å². The molecule has 1 amide bonds. The van der Waals surface area contributed by atoms with Crippen molar-refractivity contribution in [1.29, 1.82) is 0 Å². The summed E-state index contributed by atoms with van der Waals surface area (Å²) in [6.45, 7) is 6.14. The average Bonchev–Trinajstić information content (AvgIpc) is 2.51. The third-order valence-electron chi connectivity index (χ3n) is 3.94. The van der Waals surface area contributed by atoms with Gasteiger partial charge < -0.3 is 10.1 Å². The smallest absolute Gasteiger partial charge is 0.224 e. The molecule has 1 unspecified atom stereocenters. The summed E-state index contributed by atoms with van der Waals surface area (Å²) in [5.74, 6) is 1.21. The minimum atomic E-state index is 0.0692. The molecule has 0 aliphatic rings. The van der Waals surface area contributed by atoms with E-state index in [1.807, 2.05) is 38.1 Å². The highest BCUT2D eigenvalue weighted by atomic mass is 16.5. The summed E-state index contributed by atoms with van der Waals surface area (Å²) in [4.78, 5) is 12.2. The van der Waals surface area contributed by atoms with Crippen LogP contribution in [0.15, 0.2) is 42.5 Å². The first-order valence-electron chi connectivity index (χ1n) is 7.98. The van der Waals surface area contributed by atoms with Gasteiger partial charge in [0.1, 0.15) is 5.75 Å². The minimum absolute atomic E-state index is 0.0692.